The highest BCUT2D eigenvalue weighted by Gasteiger charge is 2.20. The number of benzene rings is 2. The van der Waals surface area contributed by atoms with Crippen LogP contribution < -0.4 is 30.2 Å². The molecule has 27 heavy (non-hydrogen) atoms. The first-order valence-electron chi connectivity index (χ1n) is 9.12. The summed E-state index contributed by atoms with van der Waals surface area (Å²) in [5, 5.41) is 2.91. The number of nitrogens with one attached hydrogen (secondary N) is 1. The minimum Gasteiger partial charge on any atom is -0.492 e. The number of fused-ring (bicyclic) bond motifs is 2. The molecule has 142 valence electrons. The van der Waals surface area contributed by atoms with Crippen LogP contribution in [0.25, 0.3) is 0 Å². The second-order valence-electron chi connectivity index (χ2n) is 6.58. The summed E-state index contributed by atoms with van der Waals surface area (Å²) in [4.78, 5) is 14.4. The third-order valence-corrected chi connectivity index (χ3v) is 4.75. The maximum Gasteiger partial charge on any atom is 0.239 e. The van der Waals surface area contributed by atoms with Gasteiger partial charge in [-0.25, -0.2) is 0 Å². The van der Waals surface area contributed by atoms with Crippen LogP contribution in [0.3, 0.4) is 0 Å². The molecule has 0 radical (unpaired) electrons. The maximum atomic E-state index is 12.3. The van der Waals surface area contributed by atoms with E-state index in [2.05, 4.69) is 10.2 Å². The van der Waals surface area contributed by atoms with E-state index >= 15 is 0 Å². The molecule has 2 aromatic carbocycles. The summed E-state index contributed by atoms with van der Waals surface area (Å²) >= 11 is 0. The Labute approximate surface area is 158 Å². The summed E-state index contributed by atoms with van der Waals surface area (Å²) in [5.41, 5.74) is 9.07. The van der Waals surface area contributed by atoms with Crippen LogP contribution in [-0.2, 0) is 11.2 Å². The van der Waals surface area contributed by atoms with Crippen molar-refractivity contribution in [1.82, 2.24) is 5.32 Å². The third kappa shape index (κ3) is 3.86. The van der Waals surface area contributed by atoms with Gasteiger partial charge in [-0.3, -0.25) is 4.79 Å². The first kappa shape index (κ1) is 17.3. The number of carbonyl (C=O) groups is 1. The molecule has 2 heterocycles. The van der Waals surface area contributed by atoms with Crippen molar-refractivity contribution < 1.29 is 19.0 Å². The molecule has 7 heteroatoms. The lowest BCUT2D eigenvalue weighted by Gasteiger charge is -2.31. The number of hydrogen-bond donors (Lipinski definition) is 2. The summed E-state index contributed by atoms with van der Waals surface area (Å²) in [5.74, 6) is 2.06. The molecule has 0 atom stereocenters. The van der Waals surface area contributed by atoms with E-state index in [1.165, 1.54) is 0 Å². The lowest BCUT2D eigenvalue weighted by Crippen LogP contribution is -2.41. The van der Waals surface area contributed by atoms with Crippen LogP contribution in [-0.4, -0.2) is 38.9 Å². The van der Waals surface area contributed by atoms with E-state index in [1.54, 1.807) is 6.07 Å². The van der Waals surface area contributed by atoms with Gasteiger partial charge in [0.25, 0.3) is 0 Å². The van der Waals surface area contributed by atoms with Gasteiger partial charge in [0, 0.05) is 24.0 Å². The number of nitrogens with two attached hydrogens (primary N) is 1. The molecule has 0 spiro atoms. The minimum absolute atomic E-state index is 0.0282. The summed E-state index contributed by atoms with van der Waals surface area (Å²) in [7, 11) is 0. The Bertz CT molecular complexity index is 840. The van der Waals surface area contributed by atoms with Crippen LogP contribution in [0, 0.1) is 0 Å². The normalized spacial score (nSPS) is 14.6. The van der Waals surface area contributed by atoms with Gasteiger partial charge in [-0.2, -0.15) is 0 Å². The van der Waals surface area contributed by atoms with Crippen LogP contribution in [0.5, 0.6) is 17.2 Å². The molecule has 0 saturated carbocycles. The van der Waals surface area contributed by atoms with Crippen molar-refractivity contribution in [2.75, 3.05) is 43.7 Å². The Balaban J connectivity index is 1.24. The smallest absolute Gasteiger partial charge is 0.239 e. The molecule has 0 saturated heterocycles. The Morgan fingerprint density at radius 1 is 1.22 bits per heavy atom. The van der Waals surface area contributed by atoms with Crippen LogP contribution >= 0.6 is 0 Å². The highest BCUT2D eigenvalue weighted by molar-refractivity contribution is 5.82. The van der Waals surface area contributed by atoms with E-state index in [-0.39, 0.29) is 12.7 Å². The van der Waals surface area contributed by atoms with Crippen molar-refractivity contribution in [3.05, 3.63) is 42.0 Å². The number of ether oxygens (including phenoxy) is 3. The largest absolute Gasteiger partial charge is 0.492 e. The van der Waals surface area contributed by atoms with Gasteiger partial charge in [0.1, 0.15) is 12.4 Å². The van der Waals surface area contributed by atoms with Crippen molar-refractivity contribution in [2.24, 2.45) is 0 Å². The highest BCUT2D eigenvalue weighted by atomic mass is 16.7. The minimum atomic E-state index is -0.0282. The van der Waals surface area contributed by atoms with E-state index in [0.29, 0.717) is 31.2 Å². The van der Waals surface area contributed by atoms with Gasteiger partial charge < -0.3 is 30.2 Å². The predicted octanol–water partition coefficient (Wildman–Crippen LogP) is 1.95. The first-order valence-corrected chi connectivity index (χ1v) is 9.12. The summed E-state index contributed by atoms with van der Waals surface area (Å²) in [6.07, 6.45) is 1.96. The zero-order valence-corrected chi connectivity index (χ0v) is 15.1. The molecule has 0 bridgehead atoms. The Kier molecular flexibility index (Phi) is 4.91. The summed E-state index contributed by atoms with van der Waals surface area (Å²) in [6, 6.07) is 11.3. The highest BCUT2D eigenvalue weighted by Crippen LogP contribution is 2.35. The van der Waals surface area contributed by atoms with E-state index in [9.17, 15) is 4.79 Å². The number of hydrogen-bond acceptors (Lipinski definition) is 6. The van der Waals surface area contributed by atoms with E-state index in [4.69, 9.17) is 19.9 Å². The Hall–Kier alpha value is -3.09. The standard InChI is InChI=1S/C20H23N3O4/c21-16-4-1-5-17-15(16)3-2-9-23(17)12-20(24)22-8-10-25-14-6-7-18-19(11-14)27-13-26-18/h1,4-7,11H,2-3,8-10,12-13,21H2,(H,22,24). The molecule has 2 aromatic rings. The van der Waals surface area contributed by atoms with Gasteiger partial charge >= 0.3 is 0 Å². The van der Waals surface area contributed by atoms with Gasteiger partial charge in [0.2, 0.25) is 12.7 Å². The van der Waals surface area contributed by atoms with Crippen molar-refractivity contribution in [1.29, 1.82) is 0 Å². The fourth-order valence-electron chi connectivity index (χ4n) is 3.45. The van der Waals surface area contributed by atoms with Crippen LogP contribution in [0.1, 0.15) is 12.0 Å². The number of rotatable bonds is 6. The van der Waals surface area contributed by atoms with E-state index < -0.39 is 0 Å². The lowest BCUT2D eigenvalue weighted by atomic mass is 10.00. The maximum absolute atomic E-state index is 12.3. The van der Waals surface area contributed by atoms with E-state index in [0.717, 1.165) is 42.1 Å². The van der Waals surface area contributed by atoms with Crippen LogP contribution in [0.15, 0.2) is 36.4 Å². The molecule has 0 aliphatic carbocycles. The average Bonchev–Trinajstić information content (AvgIpc) is 3.14. The molecule has 0 unspecified atom stereocenters. The van der Waals surface area contributed by atoms with Gasteiger partial charge in [-0.05, 0) is 42.7 Å². The van der Waals surface area contributed by atoms with Crippen molar-refractivity contribution >= 4 is 17.3 Å². The van der Waals surface area contributed by atoms with Crippen LogP contribution in [0.4, 0.5) is 11.4 Å². The predicted molar refractivity (Wildman–Crippen MR) is 102 cm³/mol. The van der Waals surface area contributed by atoms with Crippen molar-refractivity contribution in [2.45, 2.75) is 12.8 Å². The quantitative estimate of drug-likeness (QED) is 0.598. The summed E-state index contributed by atoms with van der Waals surface area (Å²) in [6.45, 7) is 2.23. The average molecular weight is 369 g/mol. The third-order valence-electron chi connectivity index (χ3n) is 4.75. The number of nitrogens with zero attached hydrogens (tertiary/aromatic N) is 1. The monoisotopic (exact) mass is 369 g/mol. The number of nitrogen functional groups attached to an aromatic ring is 1. The Morgan fingerprint density at radius 3 is 3.04 bits per heavy atom. The molecule has 2 aliphatic rings. The fraction of sp³-hybridized carbons (Fsp3) is 0.350. The molecule has 7 nitrogen and oxygen atoms in total. The molecule has 4 rings (SSSR count). The second-order valence-corrected chi connectivity index (χ2v) is 6.58. The first-order chi connectivity index (χ1) is 13.2. The van der Waals surface area contributed by atoms with Gasteiger partial charge in [-0.1, -0.05) is 6.07 Å². The molecule has 3 N–H and O–H groups in total. The topological polar surface area (TPSA) is 86.1 Å². The molecule has 2 aliphatic heterocycles. The van der Waals surface area contributed by atoms with Crippen LogP contribution in [0.2, 0.25) is 0 Å². The molecule has 1 amide bonds. The zero-order chi connectivity index (χ0) is 18.6. The summed E-state index contributed by atoms with van der Waals surface area (Å²) < 4.78 is 16.2. The van der Waals surface area contributed by atoms with Gasteiger partial charge in [0.05, 0.1) is 13.1 Å². The molecular formula is C20H23N3O4. The Morgan fingerprint density at radius 2 is 2.11 bits per heavy atom. The SMILES string of the molecule is Nc1cccc2c1CCCN2CC(=O)NCCOc1ccc2c(c1)OCO2. The second kappa shape index (κ2) is 7.65. The van der Waals surface area contributed by atoms with Crippen molar-refractivity contribution in [3.8, 4) is 17.2 Å². The number of anilines is 2. The van der Waals surface area contributed by atoms with E-state index in [1.807, 2.05) is 30.3 Å². The van der Waals surface area contributed by atoms with Gasteiger partial charge in [0.15, 0.2) is 11.5 Å². The lowest BCUT2D eigenvalue weighted by molar-refractivity contribution is -0.119. The fourth-order valence-corrected chi connectivity index (χ4v) is 3.45. The zero-order valence-electron chi connectivity index (χ0n) is 15.1. The number of amides is 1. The number of carbonyl (C=O) groups excluding carboxylic acids is 1. The molecule has 0 aromatic heterocycles. The molecular weight excluding hydrogens is 346 g/mol. The molecule has 0 fully saturated rings. The van der Waals surface area contributed by atoms with Crippen molar-refractivity contribution in [3.63, 3.8) is 0 Å². The van der Waals surface area contributed by atoms with Gasteiger partial charge in [-0.15, -0.1) is 0 Å².